The van der Waals surface area contributed by atoms with Crippen molar-refractivity contribution >= 4 is 27.6 Å². The van der Waals surface area contributed by atoms with Gasteiger partial charge < -0.3 is 25.0 Å². The maximum Gasteiger partial charge on any atom is 0.194 e. The molecule has 0 aliphatic carbocycles. The molecule has 0 saturated carbocycles. The number of hydrogen-bond donors (Lipinski definition) is 2. The van der Waals surface area contributed by atoms with Crippen LogP contribution in [-0.2, 0) is 6.54 Å². The SMILES string of the molecule is CN=C(NCc1ccc(OC)c(Br)c1)N1CCN(c2ccccc2O)CC1. The lowest BCUT2D eigenvalue weighted by molar-refractivity contribution is 0.369. The lowest BCUT2D eigenvalue weighted by atomic mass is 10.2. The molecular formula is C20H25BrN4O2. The molecule has 1 aliphatic rings. The molecule has 1 heterocycles. The van der Waals surface area contributed by atoms with E-state index >= 15 is 0 Å². The number of benzene rings is 2. The number of aliphatic imine (C=N–C) groups is 1. The Balaban J connectivity index is 1.56. The van der Waals surface area contributed by atoms with Gasteiger partial charge in [0.1, 0.15) is 11.5 Å². The van der Waals surface area contributed by atoms with E-state index in [0.717, 1.165) is 53.6 Å². The van der Waals surface area contributed by atoms with Gasteiger partial charge in [0.2, 0.25) is 0 Å². The van der Waals surface area contributed by atoms with E-state index in [0.29, 0.717) is 12.3 Å². The number of methoxy groups -OCH3 is 1. The van der Waals surface area contributed by atoms with E-state index < -0.39 is 0 Å². The van der Waals surface area contributed by atoms with Crippen LogP contribution >= 0.6 is 15.9 Å². The second-order valence-corrected chi connectivity index (χ2v) is 7.19. The van der Waals surface area contributed by atoms with Gasteiger partial charge >= 0.3 is 0 Å². The molecule has 2 N–H and O–H groups in total. The first kappa shape index (κ1) is 19.4. The standard InChI is InChI=1S/C20H25BrN4O2/c1-22-20(23-14-15-7-8-19(27-2)16(21)13-15)25-11-9-24(10-12-25)17-5-3-4-6-18(17)26/h3-8,13,26H,9-12,14H2,1-2H3,(H,22,23). The molecule has 0 bridgehead atoms. The summed E-state index contributed by atoms with van der Waals surface area (Å²) in [6, 6.07) is 13.5. The number of phenols is 1. The van der Waals surface area contributed by atoms with Gasteiger partial charge in [0.05, 0.1) is 17.3 Å². The van der Waals surface area contributed by atoms with Crippen LogP contribution in [-0.4, -0.2) is 56.3 Å². The highest BCUT2D eigenvalue weighted by Gasteiger charge is 2.21. The van der Waals surface area contributed by atoms with Gasteiger partial charge in [0.25, 0.3) is 0 Å². The van der Waals surface area contributed by atoms with Crippen LogP contribution < -0.4 is 15.0 Å². The van der Waals surface area contributed by atoms with Gasteiger partial charge in [0.15, 0.2) is 5.96 Å². The molecule has 0 spiro atoms. The highest BCUT2D eigenvalue weighted by molar-refractivity contribution is 9.10. The average Bonchev–Trinajstić information content (AvgIpc) is 2.69. The van der Waals surface area contributed by atoms with E-state index in [1.807, 2.05) is 37.4 Å². The van der Waals surface area contributed by atoms with Crippen molar-refractivity contribution in [2.45, 2.75) is 6.54 Å². The van der Waals surface area contributed by atoms with E-state index in [1.54, 1.807) is 13.2 Å². The fourth-order valence-electron chi connectivity index (χ4n) is 3.22. The van der Waals surface area contributed by atoms with Crippen LogP contribution in [0.25, 0.3) is 0 Å². The third kappa shape index (κ3) is 4.66. The number of aromatic hydroxyl groups is 1. The smallest absolute Gasteiger partial charge is 0.194 e. The van der Waals surface area contributed by atoms with Crippen LogP contribution in [0.5, 0.6) is 11.5 Å². The summed E-state index contributed by atoms with van der Waals surface area (Å²) in [4.78, 5) is 8.88. The number of piperazine rings is 1. The van der Waals surface area contributed by atoms with Gasteiger partial charge in [0, 0.05) is 39.8 Å². The van der Waals surface area contributed by atoms with E-state index in [1.165, 1.54) is 0 Å². The summed E-state index contributed by atoms with van der Waals surface area (Å²) in [5.41, 5.74) is 2.04. The molecule has 0 atom stereocenters. The zero-order chi connectivity index (χ0) is 19.2. The minimum atomic E-state index is 0.332. The van der Waals surface area contributed by atoms with Crippen LogP contribution in [0, 0.1) is 0 Å². The third-order valence-electron chi connectivity index (χ3n) is 4.68. The third-order valence-corrected chi connectivity index (χ3v) is 5.30. The molecule has 144 valence electrons. The summed E-state index contributed by atoms with van der Waals surface area (Å²) in [5, 5.41) is 13.5. The molecule has 1 aliphatic heterocycles. The first-order chi connectivity index (χ1) is 13.1. The summed E-state index contributed by atoms with van der Waals surface area (Å²) in [6.45, 7) is 4.06. The maximum atomic E-state index is 10.0. The quantitative estimate of drug-likeness (QED) is 0.574. The number of phenolic OH excluding ortho intramolecular Hbond substituents is 1. The molecule has 2 aromatic rings. The Hall–Kier alpha value is -2.41. The zero-order valence-corrected chi connectivity index (χ0v) is 17.2. The summed E-state index contributed by atoms with van der Waals surface area (Å²) in [5.74, 6) is 2.04. The predicted octanol–water partition coefficient (Wildman–Crippen LogP) is 3.06. The van der Waals surface area contributed by atoms with Crippen molar-refractivity contribution < 1.29 is 9.84 Å². The number of para-hydroxylation sites is 2. The van der Waals surface area contributed by atoms with Gasteiger partial charge in [-0.15, -0.1) is 0 Å². The first-order valence-corrected chi connectivity index (χ1v) is 9.72. The van der Waals surface area contributed by atoms with E-state index in [-0.39, 0.29) is 0 Å². The van der Waals surface area contributed by atoms with Crippen molar-refractivity contribution in [1.82, 2.24) is 10.2 Å². The average molecular weight is 433 g/mol. The molecule has 1 saturated heterocycles. The Morgan fingerprint density at radius 3 is 2.56 bits per heavy atom. The number of ether oxygens (including phenoxy) is 1. The molecule has 0 aromatic heterocycles. The molecule has 27 heavy (non-hydrogen) atoms. The van der Waals surface area contributed by atoms with Crippen molar-refractivity contribution in [3.63, 3.8) is 0 Å². The Labute approximate surface area is 168 Å². The van der Waals surface area contributed by atoms with Crippen LogP contribution in [0.2, 0.25) is 0 Å². The van der Waals surface area contributed by atoms with Gasteiger partial charge in [-0.3, -0.25) is 4.99 Å². The first-order valence-electron chi connectivity index (χ1n) is 8.93. The second-order valence-electron chi connectivity index (χ2n) is 6.33. The van der Waals surface area contributed by atoms with Crippen molar-refractivity contribution in [2.75, 3.05) is 45.2 Å². The molecule has 3 rings (SSSR count). The van der Waals surface area contributed by atoms with Crippen molar-refractivity contribution in [3.05, 3.63) is 52.5 Å². The highest BCUT2D eigenvalue weighted by atomic mass is 79.9. The van der Waals surface area contributed by atoms with Crippen LogP contribution in [0.15, 0.2) is 51.9 Å². The fourth-order valence-corrected chi connectivity index (χ4v) is 3.81. The summed E-state index contributed by atoms with van der Waals surface area (Å²) in [6.07, 6.45) is 0. The van der Waals surface area contributed by atoms with Crippen molar-refractivity contribution in [3.8, 4) is 11.5 Å². The van der Waals surface area contributed by atoms with Gasteiger partial charge in [-0.1, -0.05) is 18.2 Å². The molecule has 1 fully saturated rings. The Bertz CT molecular complexity index is 804. The fraction of sp³-hybridized carbons (Fsp3) is 0.350. The van der Waals surface area contributed by atoms with Gasteiger partial charge in [-0.25, -0.2) is 0 Å². The van der Waals surface area contributed by atoms with E-state index in [2.05, 4.69) is 42.1 Å². The highest BCUT2D eigenvalue weighted by Crippen LogP contribution is 2.27. The second kappa shape index (κ2) is 8.99. The monoisotopic (exact) mass is 432 g/mol. The van der Waals surface area contributed by atoms with Crippen molar-refractivity contribution in [2.24, 2.45) is 4.99 Å². The molecule has 7 heteroatoms. The molecule has 0 unspecified atom stereocenters. The van der Waals surface area contributed by atoms with Gasteiger partial charge in [-0.2, -0.15) is 0 Å². The number of nitrogens with zero attached hydrogens (tertiary/aromatic N) is 3. The summed E-state index contributed by atoms with van der Waals surface area (Å²) in [7, 11) is 3.47. The maximum absolute atomic E-state index is 10.0. The number of guanidine groups is 1. The van der Waals surface area contributed by atoms with Crippen LogP contribution in [0.4, 0.5) is 5.69 Å². The van der Waals surface area contributed by atoms with E-state index in [4.69, 9.17) is 4.74 Å². The number of nitrogens with one attached hydrogen (secondary N) is 1. The molecule has 0 amide bonds. The van der Waals surface area contributed by atoms with Crippen molar-refractivity contribution in [1.29, 1.82) is 0 Å². The number of anilines is 1. The Morgan fingerprint density at radius 1 is 1.19 bits per heavy atom. The number of rotatable bonds is 4. The molecule has 0 radical (unpaired) electrons. The predicted molar refractivity (Wildman–Crippen MR) is 113 cm³/mol. The van der Waals surface area contributed by atoms with Crippen LogP contribution in [0.3, 0.4) is 0 Å². The Kier molecular flexibility index (Phi) is 6.45. The summed E-state index contributed by atoms with van der Waals surface area (Å²) < 4.78 is 6.22. The lowest BCUT2D eigenvalue weighted by Crippen LogP contribution is -2.52. The van der Waals surface area contributed by atoms with Crippen LogP contribution in [0.1, 0.15) is 5.56 Å². The summed E-state index contributed by atoms with van der Waals surface area (Å²) >= 11 is 3.52. The molecule has 6 nitrogen and oxygen atoms in total. The zero-order valence-electron chi connectivity index (χ0n) is 15.7. The normalized spacial score (nSPS) is 15.0. The molecular weight excluding hydrogens is 408 g/mol. The number of hydrogen-bond acceptors (Lipinski definition) is 4. The molecule has 2 aromatic carbocycles. The Morgan fingerprint density at radius 2 is 1.93 bits per heavy atom. The minimum Gasteiger partial charge on any atom is -0.506 e. The van der Waals surface area contributed by atoms with Gasteiger partial charge in [-0.05, 0) is 45.8 Å². The lowest BCUT2D eigenvalue weighted by Gasteiger charge is -2.37. The largest absolute Gasteiger partial charge is 0.506 e. The van der Waals surface area contributed by atoms with E-state index in [9.17, 15) is 5.11 Å². The minimum absolute atomic E-state index is 0.332. The topological polar surface area (TPSA) is 60.3 Å². The number of halogens is 1.